The predicted molar refractivity (Wildman–Crippen MR) is 72.9 cm³/mol. The number of carboxylic acid groups (broad SMARTS) is 1. The number of nitrogens with zero attached hydrogens (tertiary/aromatic N) is 3. The van der Waals surface area contributed by atoms with E-state index in [1.165, 1.54) is 6.20 Å². The molecule has 20 heavy (non-hydrogen) atoms. The summed E-state index contributed by atoms with van der Waals surface area (Å²) in [5, 5.41) is 20.2. The molecule has 2 heterocycles. The molecule has 108 valence electrons. The first kappa shape index (κ1) is 14.2. The number of hydrogen-bond acceptors (Lipinski definition) is 5. The van der Waals surface area contributed by atoms with Gasteiger partial charge in [0.05, 0.1) is 11.3 Å². The number of carboxylic acids is 1. The Hall–Kier alpha value is -2.18. The zero-order valence-corrected chi connectivity index (χ0v) is 11.3. The predicted octanol–water partition coefficient (Wildman–Crippen LogP) is 2.13. The van der Waals surface area contributed by atoms with E-state index >= 15 is 0 Å². The van der Waals surface area contributed by atoms with E-state index in [0.29, 0.717) is 17.9 Å². The van der Waals surface area contributed by atoms with E-state index in [4.69, 9.17) is 5.11 Å². The lowest BCUT2D eigenvalue weighted by atomic mass is 9.99. The van der Waals surface area contributed by atoms with Gasteiger partial charge < -0.3 is 10.0 Å². The second kappa shape index (κ2) is 5.85. The third kappa shape index (κ3) is 2.87. The van der Waals surface area contributed by atoms with Gasteiger partial charge in [-0.15, -0.1) is 0 Å². The highest BCUT2D eigenvalue weighted by Crippen LogP contribution is 2.33. The third-order valence-electron chi connectivity index (χ3n) is 3.60. The second-order valence-corrected chi connectivity index (χ2v) is 5.00. The van der Waals surface area contributed by atoms with Crippen LogP contribution >= 0.6 is 0 Å². The maximum atomic E-state index is 11.2. The largest absolute Gasteiger partial charge is 0.481 e. The van der Waals surface area contributed by atoms with Crippen molar-refractivity contribution in [2.24, 2.45) is 0 Å². The fourth-order valence-electron chi connectivity index (χ4n) is 2.67. The monoisotopic (exact) mass is 279 g/mol. The van der Waals surface area contributed by atoms with Crippen molar-refractivity contribution < 1.29 is 14.8 Å². The maximum Gasteiger partial charge on any atom is 0.314 e. The van der Waals surface area contributed by atoms with Crippen LogP contribution in [0.25, 0.3) is 0 Å². The van der Waals surface area contributed by atoms with Gasteiger partial charge in [-0.2, -0.15) is 0 Å². The lowest BCUT2D eigenvalue weighted by molar-refractivity contribution is -0.385. The summed E-state index contributed by atoms with van der Waals surface area (Å²) in [7, 11) is 0. The fourth-order valence-corrected chi connectivity index (χ4v) is 2.67. The quantitative estimate of drug-likeness (QED) is 0.670. The molecule has 1 aliphatic rings. The number of carbonyl (C=O) groups is 1. The van der Waals surface area contributed by atoms with Crippen molar-refractivity contribution in [2.45, 2.75) is 38.6 Å². The van der Waals surface area contributed by atoms with Gasteiger partial charge in [0.1, 0.15) is 0 Å². The number of aryl methyl sites for hydroxylation is 1. The Kier molecular flexibility index (Phi) is 4.16. The van der Waals surface area contributed by atoms with Crippen LogP contribution in [0.3, 0.4) is 0 Å². The van der Waals surface area contributed by atoms with E-state index in [1.54, 1.807) is 17.9 Å². The number of hydrogen-bond donors (Lipinski definition) is 1. The zero-order chi connectivity index (χ0) is 14.7. The minimum absolute atomic E-state index is 0.0211. The summed E-state index contributed by atoms with van der Waals surface area (Å²) < 4.78 is 0. The van der Waals surface area contributed by atoms with Crippen molar-refractivity contribution >= 4 is 17.5 Å². The SMILES string of the molecule is Cc1ccnc(N2CCCCC2CC(=O)O)c1[N+](=O)[O-]. The summed E-state index contributed by atoms with van der Waals surface area (Å²) in [6, 6.07) is 1.37. The lowest BCUT2D eigenvalue weighted by Gasteiger charge is -2.35. The fraction of sp³-hybridized carbons (Fsp3) is 0.538. The molecule has 0 spiro atoms. The molecule has 1 fully saturated rings. The van der Waals surface area contributed by atoms with Gasteiger partial charge in [-0.1, -0.05) is 0 Å². The van der Waals surface area contributed by atoms with Crippen molar-refractivity contribution in [3.8, 4) is 0 Å². The van der Waals surface area contributed by atoms with Gasteiger partial charge in [0.2, 0.25) is 5.82 Å². The molecule has 1 atom stereocenters. The molecule has 7 nitrogen and oxygen atoms in total. The number of anilines is 1. The molecule has 0 aliphatic carbocycles. The van der Waals surface area contributed by atoms with Crippen LogP contribution < -0.4 is 4.90 Å². The smallest absolute Gasteiger partial charge is 0.314 e. The zero-order valence-electron chi connectivity index (χ0n) is 11.3. The van der Waals surface area contributed by atoms with Crippen molar-refractivity contribution in [3.05, 3.63) is 27.9 Å². The molecule has 1 unspecified atom stereocenters. The number of aliphatic carboxylic acids is 1. The summed E-state index contributed by atoms with van der Waals surface area (Å²) in [5.74, 6) is -0.599. The van der Waals surface area contributed by atoms with Gasteiger partial charge in [0.15, 0.2) is 0 Å². The molecule has 0 bridgehead atoms. The second-order valence-electron chi connectivity index (χ2n) is 5.00. The first-order valence-electron chi connectivity index (χ1n) is 6.59. The molecule has 2 rings (SSSR count). The van der Waals surface area contributed by atoms with Gasteiger partial charge in [-0.3, -0.25) is 14.9 Å². The molecular weight excluding hydrogens is 262 g/mol. The molecule has 0 aromatic carbocycles. The normalized spacial score (nSPS) is 18.9. The Balaban J connectivity index is 2.39. The molecule has 1 aromatic rings. The molecule has 1 aliphatic heterocycles. The summed E-state index contributed by atoms with van der Waals surface area (Å²) in [6.07, 6.45) is 4.06. The minimum atomic E-state index is -0.891. The van der Waals surface area contributed by atoms with Crippen LogP contribution in [0, 0.1) is 17.0 Å². The van der Waals surface area contributed by atoms with E-state index < -0.39 is 10.9 Å². The van der Waals surface area contributed by atoms with Crippen molar-refractivity contribution in [1.82, 2.24) is 4.98 Å². The maximum absolute atomic E-state index is 11.2. The van der Waals surface area contributed by atoms with Gasteiger partial charge in [0, 0.05) is 24.3 Å². The molecule has 0 radical (unpaired) electrons. The topological polar surface area (TPSA) is 96.6 Å². The van der Waals surface area contributed by atoms with E-state index in [0.717, 1.165) is 19.3 Å². The third-order valence-corrected chi connectivity index (χ3v) is 3.60. The summed E-state index contributed by atoms with van der Waals surface area (Å²) in [4.78, 5) is 27.7. The minimum Gasteiger partial charge on any atom is -0.481 e. The van der Waals surface area contributed by atoms with E-state index in [1.807, 2.05) is 0 Å². The van der Waals surface area contributed by atoms with Gasteiger partial charge in [0.25, 0.3) is 0 Å². The summed E-state index contributed by atoms with van der Waals surface area (Å²) in [6.45, 7) is 2.27. The number of aromatic nitrogens is 1. The number of nitro groups is 1. The van der Waals surface area contributed by atoms with E-state index in [2.05, 4.69) is 4.98 Å². The molecule has 1 aromatic heterocycles. The van der Waals surface area contributed by atoms with Crippen LogP contribution in [0.4, 0.5) is 11.5 Å². The van der Waals surface area contributed by atoms with E-state index in [9.17, 15) is 14.9 Å². The Bertz CT molecular complexity index is 532. The number of piperidine rings is 1. The first-order chi connectivity index (χ1) is 9.50. The molecule has 7 heteroatoms. The van der Waals surface area contributed by atoms with Gasteiger partial charge in [-0.05, 0) is 32.3 Å². The standard InChI is InChI=1S/C13H17N3O4/c1-9-5-6-14-13(12(9)16(19)20)15-7-3-2-4-10(15)8-11(17)18/h5-6,10H,2-4,7-8H2,1H3,(H,17,18). The van der Waals surface area contributed by atoms with Crippen molar-refractivity contribution in [3.63, 3.8) is 0 Å². The Labute approximate surface area is 116 Å². The Morgan fingerprint density at radius 3 is 3.00 bits per heavy atom. The summed E-state index contributed by atoms with van der Waals surface area (Å²) in [5.41, 5.74) is 0.518. The summed E-state index contributed by atoms with van der Waals surface area (Å²) >= 11 is 0. The van der Waals surface area contributed by atoms with E-state index in [-0.39, 0.29) is 18.2 Å². The molecule has 0 amide bonds. The van der Waals surface area contributed by atoms with Crippen molar-refractivity contribution in [1.29, 1.82) is 0 Å². The highest BCUT2D eigenvalue weighted by Gasteiger charge is 2.31. The first-order valence-corrected chi connectivity index (χ1v) is 6.59. The average Bonchev–Trinajstić information content (AvgIpc) is 2.38. The Morgan fingerprint density at radius 2 is 2.35 bits per heavy atom. The molecule has 1 saturated heterocycles. The van der Waals surface area contributed by atoms with Crippen LogP contribution in [0.1, 0.15) is 31.2 Å². The number of rotatable bonds is 4. The lowest BCUT2D eigenvalue weighted by Crippen LogP contribution is -2.41. The van der Waals surface area contributed by atoms with Crippen LogP contribution in [0.5, 0.6) is 0 Å². The average molecular weight is 279 g/mol. The van der Waals surface area contributed by atoms with Crippen molar-refractivity contribution in [2.75, 3.05) is 11.4 Å². The van der Waals surface area contributed by atoms with Gasteiger partial charge in [-0.25, -0.2) is 4.98 Å². The highest BCUT2D eigenvalue weighted by atomic mass is 16.6. The van der Waals surface area contributed by atoms with Crippen LogP contribution in [-0.4, -0.2) is 33.6 Å². The van der Waals surface area contributed by atoms with Crippen LogP contribution in [0.15, 0.2) is 12.3 Å². The molecule has 1 N–H and O–H groups in total. The highest BCUT2D eigenvalue weighted by molar-refractivity contribution is 5.69. The Morgan fingerprint density at radius 1 is 1.60 bits per heavy atom. The number of pyridine rings is 1. The van der Waals surface area contributed by atoms with Crippen LogP contribution in [0.2, 0.25) is 0 Å². The van der Waals surface area contributed by atoms with Crippen LogP contribution in [-0.2, 0) is 4.79 Å². The molecular formula is C13H17N3O4. The molecule has 0 saturated carbocycles. The van der Waals surface area contributed by atoms with Gasteiger partial charge >= 0.3 is 11.7 Å².